The molecule has 9 nitrogen and oxygen atoms in total. The molecule has 0 atom stereocenters. The molecule has 0 spiro atoms. The number of carbonyl (C=O) groups excluding carboxylic acids is 1. The zero-order chi connectivity index (χ0) is 28.0. The van der Waals surface area contributed by atoms with Crippen molar-refractivity contribution in [3.8, 4) is 5.75 Å². The lowest BCUT2D eigenvalue weighted by Gasteiger charge is -2.24. The van der Waals surface area contributed by atoms with Crippen LogP contribution in [0.2, 0.25) is 10.0 Å². The summed E-state index contributed by atoms with van der Waals surface area (Å²) in [6.45, 7) is 0.695. The van der Waals surface area contributed by atoms with Gasteiger partial charge in [-0.2, -0.15) is 4.31 Å². The predicted octanol–water partition coefficient (Wildman–Crippen LogP) is 4.17. The van der Waals surface area contributed by atoms with Crippen LogP contribution >= 0.6 is 23.2 Å². The number of carbonyl (C=O) groups is 1. The van der Waals surface area contributed by atoms with Gasteiger partial charge in [-0.25, -0.2) is 16.8 Å². The number of nitrogens with zero attached hydrogens (tertiary/aromatic N) is 2. The summed E-state index contributed by atoms with van der Waals surface area (Å²) in [5.41, 5.74) is 0.145. The first kappa shape index (κ1) is 29.2. The summed E-state index contributed by atoms with van der Waals surface area (Å²) in [6.07, 6.45) is 1.71. The van der Waals surface area contributed by atoms with Crippen LogP contribution in [-0.4, -0.2) is 59.8 Å². The Morgan fingerprint density at radius 2 is 1.49 bits per heavy atom. The van der Waals surface area contributed by atoms with Crippen molar-refractivity contribution in [2.24, 2.45) is 0 Å². The third-order valence-corrected chi connectivity index (χ3v) is 10.1. The van der Waals surface area contributed by atoms with Crippen LogP contribution in [0, 0.1) is 0 Å². The highest BCUT2D eigenvalue weighted by Crippen LogP contribution is 2.29. The summed E-state index contributed by atoms with van der Waals surface area (Å²) in [5, 5.41) is 3.08. The molecular weight excluding hydrogens is 585 g/mol. The van der Waals surface area contributed by atoms with Crippen molar-refractivity contribution >= 4 is 54.8 Å². The molecule has 1 amide bonds. The molecule has 4 rings (SSSR count). The van der Waals surface area contributed by atoms with E-state index in [0.29, 0.717) is 18.8 Å². The molecule has 1 aliphatic rings. The van der Waals surface area contributed by atoms with Gasteiger partial charge in [0, 0.05) is 23.1 Å². The molecule has 0 aliphatic carbocycles. The predicted molar refractivity (Wildman–Crippen MR) is 150 cm³/mol. The smallest absolute Gasteiger partial charge is 0.264 e. The molecule has 0 radical (unpaired) electrons. The number of rotatable bonds is 11. The van der Waals surface area contributed by atoms with Crippen LogP contribution in [0.5, 0.6) is 5.75 Å². The van der Waals surface area contributed by atoms with E-state index in [2.05, 4.69) is 5.32 Å². The highest BCUT2D eigenvalue weighted by molar-refractivity contribution is 7.92. The van der Waals surface area contributed by atoms with Crippen LogP contribution in [-0.2, 0) is 24.8 Å². The number of nitrogens with one attached hydrogen (secondary N) is 1. The standard InChI is InChI=1S/C26H27Cl2N3O6S2/c27-20-16-21(28)18-22(17-20)31(39(35,36)24-6-2-1-3-7-24)19-26(32)29-12-15-37-23-8-10-25(11-9-23)38(33,34)30-13-4-5-14-30/h1-3,6-11,16-18H,4-5,12-15,19H2,(H,29,32). The molecule has 1 fully saturated rings. The first-order valence-electron chi connectivity index (χ1n) is 12.1. The second kappa shape index (κ2) is 12.6. The molecule has 1 aliphatic heterocycles. The zero-order valence-electron chi connectivity index (χ0n) is 20.8. The third-order valence-electron chi connectivity index (χ3n) is 5.97. The van der Waals surface area contributed by atoms with E-state index < -0.39 is 32.5 Å². The normalized spacial score (nSPS) is 14.2. The van der Waals surface area contributed by atoms with E-state index >= 15 is 0 Å². The fourth-order valence-electron chi connectivity index (χ4n) is 4.05. The van der Waals surface area contributed by atoms with E-state index in [9.17, 15) is 21.6 Å². The molecule has 3 aromatic carbocycles. The SMILES string of the molecule is O=C(CN(c1cc(Cl)cc(Cl)c1)S(=O)(=O)c1ccccc1)NCCOc1ccc(S(=O)(=O)N2CCCC2)cc1. The van der Waals surface area contributed by atoms with Crippen molar-refractivity contribution in [3.63, 3.8) is 0 Å². The van der Waals surface area contributed by atoms with Crippen molar-refractivity contribution < 1.29 is 26.4 Å². The Labute approximate surface area is 238 Å². The summed E-state index contributed by atoms with van der Waals surface area (Å²) >= 11 is 12.2. The van der Waals surface area contributed by atoms with Crippen LogP contribution in [0.3, 0.4) is 0 Å². The number of amides is 1. The monoisotopic (exact) mass is 611 g/mol. The summed E-state index contributed by atoms with van der Waals surface area (Å²) in [4.78, 5) is 13.0. The van der Waals surface area contributed by atoms with Crippen LogP contribution < -0.4 is 14.4 Å². The maximum atomic E-state index is 13.4. The average Bonchev–Trinajstić information content (AvgIpc) is 3.46. The van der Waals surface area contributed by atoms with E-state index in [1.54, 1.807) is 30.3 Å². The average molecular weight is 613 g/mol. The Morgan fingerprint density at radius 3 is 2.10 bits per heavy atom. The lowest BCUT2D eigenvalue weighted by Crippen LogP contribution is -2.42. The fraction of sp³-hybridized carbons (Fsp3) is 0.269. The van der Waals surface area contributed by atoms with Crippen molar-refractivity contribution in [1.29, 1.82) is 0 Å². The Kier molecular flexibility index (Phi) is 9.39. The van der Waals surface area contributed by atoms with Crippen LogP contribution in [0.15, 0.2) is 82.6 Å². The quantitative estimate of drug-likeness (QED) is 0.326. The van der Waals surface area contributed by atoms with Gasteiger partial charge in [0.05, 0.1) is 22.0 Å². The second-order valence-electron chi connectivity index (χ2n) is 8.73. The van der Waals surface area contributed by atoms with Crippen LogP contribution in [0.1, 0.15) is 12.8 Å². The van der Waals surface area contributed by atoms with Gasteiger partial charge in [-0.05, 0) is 67.4 Å². The molecular formula is C26H27Cl2N3O6S2. The fourth-order valence-corrected chi connectivity index (χ4v) is 7.51. The molecule has 3 aromatic rings. The largest absolute Gasteiger partial charge is 0.492 e. The van der Waals surface area contributed by atoms with Gasteiger partial charge in [0.25, 0.3) is 10.0 Å². The Balaban J connectivity index is 1.37. The molecule has 0 saturated carbocycles. The first-order chi connectivity index (χ1) is 18.6. The minimum Gasteiger partial charge on any atom is -0.492 e. The number of anilines is 1. The number of hydrogen-bond acceptors (Lipinski definition) is 6. The second-order valence-corrected chi connectivity index (χ2v) is 13.4. The lowest BCUT2D eigenvalue weighted by atomic mass is 10.3. The minimum atomic E-state index is -4.11. The number of ether oxygens (including phenoxy) is 1. The zero-order valence-corrected chi connectivity index (χ0v) is 23.9. The number of sulfonamides is 2. The van der Waals surface area contributed by atoms with Gasteiger partial charge in [-0.15, -0.1) is 0 Å². The molecule has 0 bridgehead atoms. The highest BCUT2D eigenvalue weighted by atomic mass is 35.5. The van der Waals surface area contributed by atoms with Gasteiger partial charge >= 0.3 is 0 Å². The van der Waals surface area contributed by atoms with E-state index in [0.717, 1.165) is 17.1 Å². The molecule has 13 heteroatoms. The van der Waals surface area contributed by atoms with Crippen molar-refractivity contribution in [1.82, 2.24) is 9.62 Å². The number of halogens is 2. The Hall–Kier alpha value is -2.83. The summed E-state index contributed by atoms with van der Waals surface area (Å²) < 4.78 is 60.1. The van der Waals surface area contributed by atoms with Gasteiger partial charge in [0.15, 0.2) is 0 Å². The van der Waals surface area contributed by atoms with Crippen molar-refractivity contribution in [2.45, 2.75) is 22.6 Å². The van der Waals surface area contributed by atoms with E-state index in [4.69, 9.17) is 27.9 Å². The van der Waals surface area contributed by atoms with Crippen LogP contribution in [0.25, 0.3) is 0 Å². The summed E-state index contributed by atoms with van der Waals surface area (Å²) in [7, 11) is -7.62. The van der Waals surface area contributed by atoms with Crippen molar-refractivity contribution in [2.75, 3.05) is 37.1 Å². The summed E-state index contributed by atoms with van der Waals surface area (Å²) in [5.74, 6) is -0.132. The van der Waals surface area contributed by atoms with Crippen molar-refractivity contribution in [3.05, 3.63) is 82.8 Å². The number of benzene rings is 3. The first-order valence-corrected chi connectivity index (χ1v) is 15.7. The lowest BCUT2D eigenvalue weighted by molar-refractivity contribution is -0.119. The minimum absolute atomic E-state index is 0.00687. The van der Waals surface area contributed by atoms with Gasteiger partial charge < -0.3 is 10.1 Å². The van der Waals surface area contributed by atoms with Gasteiger partial charge in [0.1, 0.15) is 18.9 Å². The maximum Gasteiger partial charge on any atom is 0.264 e. The van der Waals surface area contributed by atoms with Gasteiger partial charge in [0.2, 0.25) is 15.9 Å². The highest BCUT2D eigenvalue weighted by Gasteiger charge is 2.28. The van der Waals surface area contributed by atoms with Gasteiger partial charge in [-0.3, -0.25) is 9.10 Å². The molecule has 39 heavy (non-hydrogen) atoms. The molecule has 208 valence electrons. The molecule has 1 N–H and O–H groups in total. The molecule has 0 aromatic heterocycles. The topological polar surface area (TPSA) is 113 Å². The maximum absolute atomic E-state index is 13.4. The Morgan fingerprint density at radius 1 is 0.872 bits per heavy atom. The van der Waals surface area contributed by atoms with Gasteiger partial charge in [-0.1, -0.05) is 41.4 Å². The third kappa shape index (κ3) is 7.23. The summed E-state index contributed by atoms with van der Waals surface area (Å²) in [6, 6.07) is 18.1. The van der Waals surface area contributed by atoms with E-state index in [1.807, 2.05) is 0 Å². The van der Waals surface area contributed by atoms with E-state index in [1.165, 1.54) is 46.8 Å². The van der Waals surface area contributed by atoms with Crippen LogP contribution in [0.4, 0.5) is 5.69 Å². The number of hydrogen-bond donors (Lipinski definition) is 1. The molecule has 1 heterocycles. The molecule has 0 unspecified atom stereocenters. The Bertz CT molecular complexity index is 1490. The van der Waals surface area contributed by atoms with E-state index in [-0.39, 0.29) is 38.7 Å². The molecule has 1 saturated heterocycles.